The Hall–Kier alpha value is -1.89. The van der Waals surface area contributed by atoms with Gasteiger partial charge in [0.05, 0.1) is 6.33 Å². The second-order valence-electron chi connectivity index (χ2n) is 6.07. The molecule has 1 atom stereocenters. The zero-order valence-electron chi connectivity index (χ0n) is 13.7. The first kappa shape index (κ1) is 16.5. The van der Waals surface area contributed by atoms with Crippen LogP contribution in [0.25, 0.3) is 11.2 Å². The minimum Gasteiger partial charge on any atom is -0.326 e. The van der Waals surface area contributed by atoms with Gasteiger partial charge in [0.25, 0.3) is 5.56 Å². The maximum atomic E-state index is 12.7. The summed E-state index contributed by atoms with van der Waals surface area (Å²) in [6.07, 6.45) is 2.33. The van der Waals surface area contributed by atoms with Crippen molar-refractivity contribution in [3.8, 4) is 0 Å². The highest BCUT2D eigenvalue weighted by atomic mass is 16.2. The van der Waals surface area contributed by atoms with Crippen LogP contribution in [0.15, 0.2) is 15.9 Å². The molecule has 7 nitrogen and oxygen atoms in total. The number of rotatable bonds is 6. The van der Waals surface area contributed by atoms with E-state index in [1.807, 2.05) is 27.7 Å². The molecule has 0 aliphatic rings. The topological polar surface area (TPSA) is 87.8 Å². The zero-order chi connectivity index (χ0) is 16.4. The first-order valence-corrected chi connectivity index (χ1v) is 7.84. The molecule has 0 amide bonds. The Balaban J connectivity index is 2.78. The van der Waals surface area contributed by atoms with Crippen LogP contribution in [0.1, 0.15) is 34.1 Å². The molecule has 0 aliphatic heterocycles. The molecule has 1 unspecified atom stereocenters. The van der Waals surface area contributed by atoms with Crippen molar-refractivity contribution in [1.82, 2.24) is 18.7 Å². The largest absolute Gasteiger partial charge is 0.332 e. The van der Waals surface area contributed by atoms with Crippen LogP contribution in [0.2, 0.25) is 0 Å². The summed E-state index contributed by atoms with van der Waals surface area (Å²) in [4.78, 5) is 29.7. The van der Waals surface area contributed by atoms with Crippen molar-refractivity contribution in [2.45, 2.75) is 59.8 Å². The summed E-state index contributed by atoms with van der Waals surface area (Å²) in [6.45, 7) is 9.34. The van der Waals surface area contributed by atoms with Gasteiger partial charge in [0, 0.05) is 25.7 Å². The zero-order valence-corrected chi connectivity index (χ0v) is 13.7. The molecule has 22 heavy (non-hydrogen) atoms. The van der Waals surface area contributed by atoms with Gasteiger partial charge in [0.2, 0.25) is 0 Å². The predicted octanol–water partition coefficient (Wildman–Crippen LogP) is 0.773. The van der Waals surface area contributed by atoms with Crippen LogP contribution in [0.3, 0.4) is 0 Å². The molecule has 0 fully saturated rings. The van der Waals surface area contributed by atoms with Crippen molar-refractivity contribution in [2.24, 2.45) is 11.7 Å². The first-order chi connectivity index (χ1) is 10.4. The smallest absolute Gasteiger partial charge is 0.326 e. The Morgan fingerprint density at radius 1 is 1.18 bits per heavy atom. The van der Waals surface area contributed by atoms with Gasteiger partial charge in [-0.05, 0) is 19.3 Å². The van der Waals surface area contributed by atoms with Crippen LogP contribution >= 0.6 is 0 Å². The molecular weight excluding hydrogens is 282 g/mol. The molecule has 0 spiro atoms. The van der Waals surface area contributed by atoms with Crippen LogP contribution in [-0.4, -0.2) is 24.7 Å². The van der Waals surface area contributed by atoms with E-state index in [9.17, 15) is 9.59 Å². The lowest BCUT2D eigenvalue weighted by molar-refractivity contribution is 0.460. The van der Waals surface area contributed by atoms with Crippen molar-refractivity contribution in [3.05, 3.63) is 27.2 Å². The van der Waals surface area contributed by atoms with E-state index in [1.54, 1.807) is 15.5 Å². The number of aryl methyl sites for hydroxylation is 1. The Kier molecular flexibility index (Phi) is 4.85. The molecular formula is C15H25N5O2. The van der Waals surface area contributed by atoms with Gasteiger partial charge < -0.3 is 10.3 Å². The van der Waals surface area contributed by atoms with Crippen LogP contribution in [0.4, 0.5) is 0 Å². The summed E-state index contributed by atoms with van der Waals surface area (Å²) >= 11 is 0. The van der Waals surface area contributed by atoms with E-state index in [4.69, 9.17) is 5.73 Å². The van der Waals surface area contributed by atoms with E-state index < -0.39 is 0 Å². The van der Waals surface area contributed by atoms with Gasteiger partial charge in [-0.1, -0.05) is 20.8 Å². The molecule has 0 aromatic carbocycles. The number of nitrogens with zero attached hydrogens (tertiary/aromatic N) is 4. The van der Waals surface area contributed by atoms with Gasteiger partial charge in [0.1, 0.15) is 0 Å². The average molecular weight is 307 g/mol. The van der Waals surface area contributed by atoms with Gasteiger partial charge in [-0.25, -0.2) is 9.78 Å². The molecule has 7 heteroatoms. The number of nitrogens with two attached hydrogens (primary N) is 1. The molecule has 0 aliphatic carbocycles. The van der Waals surface area contributed by atoms with Crippen molar-refractivity contribution < 1.29 is 0 Å². The van der Waals surface area contributed by atoms with E-state index in [0.29, 0.717) is 30.7 Å². The fourth-order valence-corrected chi connectivity index (χ4v) is 2.53. The number of fused-ring (bicyclic) bond motifs is 1. The van der Waals surface area contributed by atoms with Crippen LogP contribution in [0, 0.1) is 5.92 Å². The van der Waals surface area contributed by atoms with Gasteiger partial charge in [-0.3, -0.25) is 13.9 Å². The molecule has 122 valence electrons. The fraction of sp³-hybridized carbons (Fsp3) is 0.667. The SMILES string of the molecule is CCC(N)Cn1c(=O)c2c(ncn2CC)n(CC(C)C)c1=O. The Morgan fingerprint density at radius 3 is 2.41 bits per heavy atom. The third kappa shape index (κ3) is 2.85. The molecule has 2 rings (SSSR count). The quantitative estimate of drug-likeness (QED) is 0.854. The molecule has 2 heterocycles. The Bertz CT molecular complexity index is 769. The summed E-state index contributed by atoms with van der Waals surface area (Å²) in [5, 5.41) is 0. The van der Waals surface area contributed by atoms with Crippen molar-refractivity contribution in [2.75, 3.05) is 0 Å². The summed E-state index contributed by atoms with van der Waals surface area (Å²) in [7, 11) is 0. The lowest BCUT2D eigenvalue weighted by Gasteiger charge is -2.15. The second kappa shape index (κ2) is 6.48. The number of hydrogen-bond acceptors (Lipinski definition) is 4. The van der Waals surface area contributed by atoms with Gasteiger partial charge in [-0.15, -0.1) is 0 Å². The number of hydrogen-bond donors (Lipinski definition) is 1. The highest BCUT2D eigenvalue weighted by Gasteiger charge is 2.19. The molecule has 2 N–H and O–H groups in total. The van der Waals surface area contributed by atoms with Crippen LogP contribution in [0.5, 0.6) is 0 Å². The first-order valence-electron chi connectivity index (χ1n) is 7.84. The minimum atomic E-state index is -0.323. The average Bonchev–Trinajstić information content (AvgIpc) is 2.91. The van der Waals surface area contributed by atoms with Crippen molar-refractivity contribution in [1.29, 1.82) is 0 Å². The molecule has 0 bridgehead atoms. The fourth-order valence-electron chi connectivity index (χ4n) is 2.53. The Morgan fingerprint density at radius 2 is 1.86 bits per heavy atom. The van der Waals surface area contributed by atoms with E-state index >= 15 is 0 Å². The van der Waals surface area contributed by atoms with E-state index in [-0.39, 0.29) is 29.8 Å². The minimum absolute atomic E-state index is 0.214. The van der Waals surface area contributed by atoms with E-state index in [2.05, 4.69) is 4.98 Å². The third-order valence-electron chi connectivity index (χ3n) is 3.81. The molecule has 0 radical (unpaired) electrons. The number of aromatic nitrogens is 4. The van der Waals surface area contributed by atoms with E-state index in [0.717, 1.165) is 0 Å². The molecule has 2 aromatic heterocycles. The predicted molar refractivity (Wildman–Crippen MR) is 87.0 cm³/mol. The van der Waals surface area contributed by atoms with Crippen molar-refractivity contribution in [3.63, 3.8) is 0 Å². The summed E-state index contributed by atoms with van der Waals surface area (Å²) < 4.78 is 4.63. The monoisotopic (exact) mass is 307 g/mol. The molecule has 0 saturated heterocycles. The Labute approximate surface area is 129 Å². The highest BCUT2D eigenvalue weighted by molar-refractivity contribution is 5.70. The summed E-state index contributed by atoms with van der Waals surface area (Å²) in [5.74, 6) is 0.276. The van der Waals surface area contributed by atoms with Crippen LogP contribution < -0.4 is 17.0 Å². The second-order valence-corrected chi connectivity index (χ2v) is 6.07. The molecule has 0 saturated carbocycles. The van der Waals surface area contributed by atoms with Gasteiger partial charge >= 0.3 is 5.69 Å². The van der Waals surface area contributed by atoms with Gasteiger partial charge in [-0.2, -0.15) is 0 Å². The number of imidazole rings is 1. The highest BCUT2D eigenvalue weighted by Crippen LogP contribution is 2.09. The maximum absolute atomic E-state index is 12.7. The third-order valence-corrected chi connectivity index (χ3v) is 3.81. The summed E-state index contributed by atoms with van der Waals surface area (Å²) in [6, 6.07) is -0.214. The van der Waals surface area contributed by atoms with Crippen molar-refractivity contribution >= 4 is 11.2 Å². The lowest BCUT2D eigenvalue weighted by atomic mass is 10.2. The van der Waals surface area contributed by atoms with E-state index in [1.165, 1.54) is 4.57 Å². The standard InChI is InChI=1S/C15H25N5O2/c1-5-11(16)8-20-14(21)12-13(17-9-18(12)6-2)19(15(20)22)7-10(3)4/h9-11H,5-8,16H2,1-4H3. The van der Waals surface area contributed by atoms with Gasteiger partial charge in [0.15, 0.2) is 11.2 Å². The molecule has 2 aromatic rings. The summed E-state index contributed by atoms with van der Waals surface area (Å²) in [5.41, 5.74) is 6.27. The maximum Gasteiger partial charge on any atom is 0.332 e. The lowest BCUT2D eigenvalue weighted by Crippen LogP contribution is -2.44. The van der Waals surface area contributed by atoms with Crippen LogP contribution in [-0.2, 0) is 19.6 Å². The normalized spacial score (nSPS) is 13.2.